The van der Waals surface area contributed by atoms with Gasteiger partial charge in [0.15, 0.2) is 0 Å². The summed E-state index contributed by atoms with van der Waals surface area (Å²) in [4.78, 5) is 2.34. The number of nitrogens with zero attached hydrogens (tertiary/aromatic N) is 1. The van der Waals surface area contributed by atoms with Crippen molar-refractivity contribution in [2.24, 2.45) is 5.92 Å². The third-order valence-corrected chi connectivity index (χ3v) is 3.01. The van der Waals surface area contributed by atoms with Crippen LogP contribution in [0.4, 0.5) is 5.69 Å². The second-order valence-electron chi connectivity index (χ2n) is 4.71. The zero-order valence-electron chi connectivity index (χ0n) is 10.1. The number of nitrogen functional groups attached to an aromatic ring is 1. The summed E-state index contributed by atoms with van der Waals surface area (Å²) in [6.07, 6.45) is 2.77. The van der Waals surface area contributed by atoms with Crippen LogP contribution in [0.5, 0.6) is 5.75 Å². The van der Waals surface area contributed by atoms with E-state index in [1.54, 1.807) is 7.11 Å². The first-order chi connectivity index (χ1) is 7.69. The summed E-state index contributed by atoms with van der Waals surface area (Å²) >= 11 is 0. The second kappa shape index (κ2) is 4.74. The lowest BCUT2D eigenvalue weighted by Gasteiger charge is -2.18. The van der Waals surface area contributed by atoms with Crippen LogP contribution >= 0.6 is 0 Å². The molecule has 0 aromatic heterocycles. The summed E-state index contributed by atoms with van der Waals surface area (Å²) in [6.45, 7) is 2.09. The van der Waals surface area contributed by atoms with Gasteiger partial charge in [0.1, 0.15) is 5.75 Å². The number of hydrogen-bond donors (Lipinski definition) is 1. The molecule has 0 radical (unpaired) electrons. The summed E-state index contributed by atoms with van der Waals surface area (Å²) in [7, 11) is 3.86. The largest absolute Gasteiger partial charge is 0.496 e. The average Bonchev–Trinajstić information content (AvgIpc) is 3.02. The molecule has 1 aliphatic rings. The zero-order valence-corrected chi connectivity index (χ0v) is 10.1. The van der Waals surface area contributed by atoms with Crippen molar-refractivity contribution in [1.29, 1.82) is 0 Å². The van der Waals surface area contributed by atoms with Gasteiger partial charge < -0.3 is 15.4 Å². The third kappa shape index (κ3) is 2.89. The van der Waals surface area contributed by atoms with Crippen LogP contribution in [0.15, 0.2) is 18.2 Å². The summed E-state index contributed by atoms with van der Waals surface area (Å²) < 4.78 is 5.34. The van der Waals surface area contributed by atoms with E-state index < -0.39 is 0 Å². The van der Waals surface area contributed by atoms with Gasteiger partial charge in [0.05, 0.1) is 7.11 Å². The molecule has 2 rings (SSSR count). The first-order valence-corrected chi connectivity index (χ1v) is 5.80. The Labute approximate surface area is 97.2 Å². The maximum atomic E-state index is 5.80. The molecule has 16 heavy (non-hydrogen) atoms. The van der Waals surface area contributed by atoms with Gasteiger partial charge in [0.25, 0.3) is 0 Å². The molecular weight excluding hydrogens is 200 g/mol. The van der Waals surface area contributed by atoms with Crippen LogP contribution in [0.1, 0.15) is 18.4 Å². The Morgan fingerprint density at radius 2 is 2.19 bits per heavy atom. The number of rotatable bonds is 5. The van der Waals surface area contributed by atoms with E-state index in [-0.39, 0.29) is 0 Å². The fourth-order valence-corrected chi connectivity index (χ4v) is 2.02. The van der Waals surface area contributed by atoms with Gasteiger partial charge in [-0.3, -0.25) is 0 Å². The van der Waals surface area contributed by atoms with Crippen LogP contribution in [0.3, 0.4) is 0 Å². The molecular formula is C13H20N2O. The van der Waals surface area contributed by atoms with Crippen molar-refractivity contribution in [3.63, 3.8) is 0 Å². The minimum atomic E-state index is 0.802. The van der Waals surface area contributed by atoms with E-state index in [4.69, 9.17) is 10.5 Å². The molecule has 0 atom stereocenters. The van der Waals surface area contributed by atoms with E-state index in [0.717, 1.165) is 23.9 Å². The number of benzene rings is 1. The minimum Gasteiger partial charge on any atom is -0.496 e. The Morgan fingerprint density at radius 3 is 2.81 bits per heavy atom. The van der Waals surface area contributed by atoms with Gasteiger partial charge in [-0.25, -0.2) is 0 Å². The average molecular weight is 220 g/mol. The summed E-state index contributed by atoms with van der Waals surface area (Å²) in [5, 5.41) is 0. The summed E-state index contributed by atoms with van der Waals surface area (Å²) in [5.41, 5.74) is 7.77. The number of nitrogens with two attached hydrogens (primary N) is 1. The molecule has 0 bridgehead atoms. The SMILES string of the molecule is COc1ccc(N)cc1CN(C)CC1CC1. The van der Waals surface area contributed by atoms with E-state index in [1.807, 2.05) is 18.2 Å². The van der Waals surface area contributed by atoms with Crippen molar-refractivity contribution in [2.75, 3.05) is 26.4 Å². The third-order valence-electron chi connectivity index (χ3n) is 3.01. The molecule has 0 spiro atoms. The standard InChI is InChI=1S/C13H20N2O/c1-15(8-10-3-4-10)9-11-7-12(14)5-6-13(11)16-2/h5-7,10H,3-4,8-9,14H2,1-2H3. The molecule has 0 heterocycles. The van der Waals surface area contributed by atoms with Crippen LogP contribution in [0.25, 0.3) is 0 Å². The van der Waals surface area contributed by atoms with Gasteiger partial charge in [0.2, 0.25) is 0 Å². The Morgan fingerprint density at radius 1 is 1.44 bits per heavy atom. The molecule has 1 aromatic carbocycles. The van der Waals surface area contributed by atoms with Crippen LogP contribution in [-0.2, 0) is 6.54 Å². The number of methoxy groups -OCH3 is 1. The molecule has 1 aliphatic carbocycles. The smallest absolute Gasteiger partial charge is 0.123 e. The fourth-order valence-electron chi connectivity index (χ4n) is 2.02. The van der Waals surface area contributed by atoms with Crippen molar-refractivity contribution in [1.82, 2.24) is 4.90 Å². The van der Waals surface area contributed by atoms with Crippen LogP contribution in [-0.4, -0.2) is 25.6 Å². The Kier molecular flexibility index (Phi) is 3.34. The van der Waals surface area contributed by atoms with Crippen LogP contribution < -0.4 is 10.5 Å². The van der Waals surface area contributed by atoms with Crippen molar-refractivity contribution in [3.8, 4) is 5.75 Å². The zero-order chi connectivity index (χ0) is 11.5. The first-order valence-electron chi connectivity index (χ1n) is 5.80. The highest BCUT2D eigenvalue weighted by molar-refractivity contribution is 5.47. The molecule has 1 fully saturated rings. The van der Waals surface area contributed by atoms with Crippen molar-refractivity contribution in [2.45, 2.75) is 19.4 Å². The molecule has 0 aliphatic heterocycles. The monoisotopic (exact) mass is 220 g/mol. The molecule has 1 aromatic rings. The lowest BCUT2D eigenvalue weighted by Crippen LogP contribution is -2.20. The molecule has 0 saturated heterocycles. The van der Waals surface area contributed by atoms with Gasteiger partial charge in [-0.05, 0) is 44.0 Å². The molecule has 3 heteroatoms. The van der Waals surface area contributed by atoms with E-state index in [2.05, 4.69) is 11.9 Å². The van der Waals surface area contributed by atoms with Gasteiger partial charge in [0, 0.05) is 24.3 Å². The Bertz CT molecular complexity index is 361. The number of hydrogen-bond acceptors (Lipinski definition) is 3. The Hall–Kier alpha value is -1.22. The summed E-state index contributed by atoms with van der Waals surface area (Å²) in [5.74, 6) is 1.84. The predicted octanol–water partition coefficient (Wildman–Crippen LogP) is 2.12. The number of ether oxygens (including phenoxy) is 1. The van der Waals surface area contributed by atoms with Crippen LogP contribution in [0.2, 0.25) is 0 Å². The highest BCUT2D eigenvalue weighted by atomic mass is 16.5. The quantitative estimate of drug-likeness (QED) is 0.772. The van der Waals surface area contributed by atoms with Crippen LogP contribution in [0, 0.1) is 5.92 Å². The highest BCUT2D eigenvalue weighted by Gasteiger charge is 2.23. The van der Waals surface area contributed by atoms with E-state index in [0.29, 0.717) is 0 Å². The van der Waals surface area contributed by atoms with Crippen molar-refractivity contribution >= 4 is 5.69 Å². The first kappa shape index (κ1) is 11.3. The maximum Gasteiger partial charge on any atom is 0.123 e. The normalized spacial score (nSPS) is 15.4. The highest BCUT2D eigenvalue weighted by Crippen LogP contribution is 2.30. The van der Waals surface area contributed by atoms with E-state index in [9.17, 15) is 0 Å². The second-order valence-corrected chi connectivity index (χ2v) is 4.71. The lowest BCUT2D eigenvalue weighted by atomic mass is 10.1. The molecule has 1 saturated carbocycles. The Balaban J connectivity index is 2.02. The van der Waals surface area contributed by atoms with Gasteiger partial charge in [-0.1, -0.05) is 0 Å². The van der Waals surface area contributed by atoms with Gasteiger partial charge in [-0.2, -0.15) is 0 Å². The van der Waals surface area contributed by atoms with Crippen molar-refractivity contribution in [3.05, 3.63) is 23.8 Å². The maximum absolute atomic E-state index is 5.80. The topological polar surface area (TPSA) is 38.5 Å². The molecule has 2 N–H and O–H groups in total. The lowest BCUT2D eigenvalue weighted by molar-refractivity contribution is 0.305. The number of anilines is 1. The molecule has 88 valence electrons. The van der Waals surface area contributed by atoms with E-state index >= 15 is 0 Å². The minimum absolute atomic E-state index is 0.802. The fraction of sp³-hybridized carbons (Fsp3) is 0.538. The molecule has 0 amide bonds. The van der Waals surface area contributed by atoms with Crippen molar-refractivity contribution < 1.29 is 4.74 Å². The predicted molar refractivity (Wildman–Crippen MR) is 66.5 cm³/mol. The molecule has 3 nitrogen and oxygen atoms in total. The van der Waals surface area contributed by atoms with Gasteiger partial charge in [-0.15, -0.1) is 0 Å². The molecule has 0 unspecified atom stereocenters. The summed E-state index contributed by atoms with van der Waals surface area (Å²) in [6, 6.07) is 5.82. The van der Waals surface area contributed by atoms with E-state index in [1.165, 1.54) is 24.9 Å². The van der Waals surface area contributed by atoms with Gasteiger partial charge >= 0.3 is 0 Å².